The number of ether oxygens (including phenoxy) is 1. The van der Waals surface area contributed by atoms with Gasteiger partial charge in [-0.15, -0.1) is 0 Å². The highest BCUT2D eigenvalue weighted by Gasteiger charge is 2.14. The van der Waals surface area contributed by atoms with E-state index in [1.54, 1.807) is 6.92 Å². The molecule has 0 saturated carbocycles. The number of aryl methyl sites for hydroxylation is 1. The maximum Gasteiger partial charge on any atom is 0.272 e. The van der Waals surface area contributed by atoms with Crippen LogP contribution < -0.4 is 10.2 Å². The molecule has 1 aliphatic rings. The van der Waals surface area contributed by atoms with Crippen molar-refractivity contribution < 1.29 is 14.5 Å². The van der Waals surface area contributed by atoms with Crippen LogP contribution in [0.3, 0.4) is 0 Å². The van der Waals surface area contributed by atoms with E-state index < -0.39 is 4.92 Å². The smallest absolute Gasteiger partial charge is 0.272 e. The number of benzene rings is 2. The van der Waals surface area contributed by atoms with Gasteiger partial charge in [-0.2, -0.15) is 0 Å². The molecule has 0 aliphatic carbocycles. The molecule has 25 heavy (non-hydrogen) atoms. The maximum atomic E-state index is 12.3. The van der Waals surface area contributed by atoms with E-state index in [0.717, 1.165) is 32.0 Å². The second-order valence-electron chi connectivity index (χ2n) is 5.86. The van der Waals surface area contributed by atoms with Crippen LogP contribution in [0.4, 0.5) is 17.1 Å². The maximum absolute atomic E-state index is 12.3. The van der Waals surface area contributed by atoms with Crippen LogP contribution >= 0.6 is 0 Å². The molecular weight excluding hydrogens is 322 g/mol. The molecule has 0 bridgehead atoms. The number of carbonyl (C=O) groups is 1. The third-order valence-electron chi connectivity index (χ3n) is 4.16. The minimum Gasteiger partial charge on any atom is -0.378 e. The zero-order valence-electron chi connectivity index (χ0n) is 13.9. The zero-order chi connectivity index (χ0) is 17.8. The number of morpholine rings is 1. The first-order valence-electron chi connectivity index (χ1n) is 8.04. The van der Waals surface area contributed by atoms with Gasteiger partial charge in [0.05, 0.1) is 18.1 Å². The van der Waals surface area contributed by atoms with Crippen LogP contribution in [0.5, 0.6) is 0 Å². The van der Waals surface area contributed by atoms with Gasteiger partial charge in [0, 0.05) is 41.7 Å². The quantitative estimate of drug-likeness (QED) is 0.682. The Morgan fingerprint density at radius 2 is 1.84 bits per heavy atom. The zero-order valence-corrected chi connectivity index (χ0v) is 13.9. The summed E-state index contributed by atoms with van der Waals surface area (Å²) in [5.41, 5.74) is 2.62. The van der Waals surface area contributed by atoms with Gasteiger partial charge < -0.3 is 15.0 Å². The Hall–Kier alpha value is -2.93. The molecule has 3 rings (SSSR count). The Kier molecular flexibility index (Phi) is 4.95. The molecule has 0 radical (unpaired) electrons. The number of nitro benzene ring substituents is 1. The van der Waals surface area contributed by atoms with Gasteiger partial charge in [0.25, 0.3) is 11.6 Å². The predicted octanol–water partition coefficient (Wildman–Crippen LogP) is 2.99. The van der Waals surface area contributed by atoms with Gasteiger partial charge in [-0.3, -0.25) is 14.9 Å². The van der Waals surface area contributed by atoms with Crippen LogP contribution in [0.15, 0.2) is 42.5 Å². The third-order valence-corrected chi connectivity index (χ3v) is 4.16. The van der Waals surface area contributed by atoms with Crippen LogP contribution in [-0.4, -0.2) is 37.1 Å². The van der Waals surface area contributed by atoms with Gasteiger partial charge >= 0.3 is 0 Å². The van der Waals surface area contributed by atoms with Gasteiger partial charge in [-0.05, 0) is 43.3 Å². The third kappa shape index (κ3) is 3.95. The molecule has 1 aliphatic heterocycles. The Morgan fingerprint density at radius 3 is 2.44 bits per heavy atom. The van der Waals surface area contributed by atoms with Gasteiger partial charge in [-0.25, -0.2) is 0 Å². The van der Waals surface area contributed by atoms with E-state index >= 15 is 0 Å². The molecule has 0 atom stereocenters. The molecule has 7 heteroatoms. The summed E-state index contributed by atoms with van der Waals surface area (Å²) in [6, 6.07) is 12.0. The van der Waals surface area contributed by atoms with Crippen molar-refractivity contribution in [3.05, 3.63) is 63.7 Å². The molecule has 7 nitrogen and oxygen atoms in total. The normalized spacial score (nSPS) is 14.2. The first-order valence-corrected chi connectivity index (χ1v) is 8.04. The van der Waals surface area contributed by atoms with E-state index in [-0.39, 0.29) is 11.6 Å². The second kappa shape index (κ2) is 7.31. The van der Waals surface area contributed by atoms with Gasteiger partial charge in [0.15, 0.2) is 0 Å². The van der Waals surface area contributed by atoms with Crippen molar-refractivity contribution in [2.24, 2.45) is 0 Å². The number of rotatable bonds is 4. The van der Waals surface area contributed by atoms with Crippen molar-refractivity contribution in [2.75, 3.05) is 36.5 Å². The Morgan fingerprint density at radius 1 is 1.16 bits per heavy atom. The van der Waals surface area contributed by atoms with Crippen molar-refractivity contribution in [1.29, 1.82) is 0 Å². The monoisotopic (exact) mass is 341 g/mol. The minimum atomic E-state index is -0.457. The van der Waals surface area contributed by atoms with Crippen molar-refractivity contribution >= 4 is 23.0 Å². The Bertz CT molecular complexity index is 783. The summed E-state index contributed by atoms with van der Waals surface area (Å²) in [5, 5.41) is 13.7. The van der Waals surface area contributed by atoms with Crippen molar-refractivity contribution in [3.63, 3.8) is 0 Å². The summed E-state index contributed by atoms with van der Waals surface area (Å²) >= 11 is 0. The lowest BCUT2D eigenvalue weighted by atomic mass is 10.1. The molecule has 1 fully saturated rings. The fourth-order valence-corrected chi connectivity index (χ4v) is 2.78. The van der Waals surface area contributed by atoms with Crippen LogP contribution in [0, 0.1) is 17.0 Å². The fourth-order valence-electron chi connectivity index (χ4n) is 2.78. The van der Waals surface area contributed by atoms with E-state index in [1.165, 1.54) is 18.2 Å². The molecule has 1 heterocycles. The summed E-state index contributed by atoms with van der Waals surface area (Å²) in [7, 11) is 0. The van der Waals surface area contributed by atoms with Crippen LogP contribution in [-0.2, 0) is 4.74 Å². The lowest BCUT2D eigenvalue weighted by Gasteiger charge is -2.28. The minimum absolute atomic E-state index is 0.00594. The summed E-state index contributed by atoms with van der Waals surface area (Å²) in [6.45, 7) is 4.77. The van der Waals surface area contributed by atoms with Gasteiger partial charge in [0.1, 0.15) is 0 Å². The average Bonchev–Trinajstić information content (AvgIpc) is 2.62. The highest BCUT2D eigenvalue weighted by Crippen LogP contribution is 2.21. The standard InChI is InChI=1S/C18H19N3O4/c1-13-12-14(2-7-17(13)21(23)24)18(22)19-15-3-5-16(6-4-15)20-8-10-25-11-9-20/h2-7,12H,8-11H2,1H3,(H,19,22). The molecule has 2 aromatic carbocycles. The lowest BCUT2D eigenvalue weighted by Crippen LogP contribution is -2.36. The first kappa shape index (κ1) is 16.9. The number of anilines is 2. The topological polar surface area (TPSA) is 84.7 Å². The van der Waals surface area contributed by atoms with E-state index in [0.29, 0.717) is 16.8 Å². The fraction of sp³-hybridized carbons (Fsp3) is 0.278. The van der Waals surface area contributed by atoms with Crippen LogP contribution in [0.1, 0.15) is 15.9 Å². The Balaban J connectivity index is 1.68. The highest BCUT2D eigenvalue weighted by atomic mass is 16.6. The number of hydrogen-bond acceptors (Lipinski definition) is 5. The predicted molar refractivity (Wildman–Crippen MR) is 95.3 cm³/mol. The molecule has 0 aromatic heterocycles. The van der Waals surface area contributed by atoms with Gasteiger partial charge in [0.2, 0.25) is 0 Å². The van der Waals surface area contributed by atoms with Crippen LogP contribution in [0.25, 0.3) is 0 Å². The molecule has 0 spiro atoms. The van der Waals surface area contributed by atoms with Crippen molar-refractivity contribution in [1.82, 2.24) is 0 Å². The van der Waals surface area contributed by atoms with E-state index in [9.17, 15) is 14.9 Å². The summed E-state index contributed by atoms with van der Waals surface area (Å²) < 4.78 is 5.34. The Labute approximate surface area is 145 Å². The summed E-state index contributed by atoms with van der Waals surface area (Å²) in [5.74, 6) is -0.294. The van der Waals surface area contributed by atoms with Crippen LogP contribution in [0.2, 0.25) is 0 Å². The van der Waals surface area contributed by atoms with E-state index in [2.05, 4.69) is 10.2 Å². The number of carbonyl (C=O) groups excluding carboxylic acids is 1. The molecule has 0 unspecified atom stereocenters. The number of nitrogens with one attached hydrogen (secondary N) is 1. The largest absolute Gasteiger partial charge is 0.378 e. The first-order chi connectivity index (χ1) is 12.0. The molecule has 1 amide bonds. The number of amides is 1. The van der Waals surface area contributed by atoms with E-state index in [1.807, 2.05) is 24.3 Å². The molecule has 1 N–H and O–H groups in total. The second-order valence-corrected chi connectivity index (χ2v) is 5.86. The molecule has 130 valence electrons. The van der Waals surface area contributed by atoms with Gasteiger partial charge in [-0.1, -0.05) is 0 Å². The molecular formula is C18H19N3O4. The number of nitrogens with zero attached hydrogens (tertiary/aromatic N) is 2. The number of hydrogen-bond donors (Lipinski definition) is 1. The average molecular weight is 341 g/mol. The molecule has 2 aromatic rings. The SMILES string of the molecule is Cc1cc(C(=O)Nc2ccc(N3CCOCC3)cc2)ccc1[N+](=O)[O-]. The number of nitro groups is 1. The highest BCUT2D eigenvalue weighted by molar-refractivity contribution is 6.04. The summed E-state index contributed by atoms with van der Waals surface area (Å²) in [4.78, 5) is 24.9. The molecule has 1 saturated heterocycles. The van der Waals surface area contributed by atoms with Crippen molar-refractivity contribution in [3.8, 4) is 0 Å². The summed E-state index contributed by atoms with van der Waals surface area (Å²) in [6.07, 6.45) is 0. The van der Waals surface area contributed by atoms with E-state index in [4.69, 9.17) is 4.74 Å². The lowest BCUT2D eigenvalue weighted by molar-refractivity contribution is -0.385. The van der Waals surface area contributed by atoms with Crippen molar-refractivity contribution in [2.45, 2.75) is 6.92 Å².